The molecular weight excluding hydrogens is 196 g/mol. The average molecular weight is 218 g/mol. The zero-order valence-corrected chi connectivity index (χ0v) is 10.6. The summed E-state index contributed by atoms with van der Waals surface area (Å²) in [5.41, 5.74) is 4.32. The van der Waals surface area contributed by atoms with Crippen molar-refractivity contribution in [2.75, 3.05) is 6.61 Å². The largest absolute Gasteiger partial charge is 0.396 e. The van der Waals surface area contributed by atoms with E-state index in [1.165, 1.54) is 36.0 Å². The molecule has 2 rings (SSSR count). The van der Waals surface area contributed by atoms with E-state index in [0.717, 1.165) is 0 Å². The topological polar surface area (TPSA) is 20.2 Å². The molecule has 16 heavy (non-hydrogen) atoms. The van der Waals surface area contributed by atoms with E-state index in [1.807, 2.05) is 0 Å². The van der Waals surface area contributed by atoms with Gasteiger partial charge in [0.1, 0.15) is 0 Å². The first-order valence-corrected chi connectivity index (χ1v) is 6.25. The lowest BCUT2D eigenvalue weighted by Gasteiger charge is -2.37. The summed E-state index contributed by atoms with van der Waals surface area (Å²) in [6.07, 6.45) is 3.67. The van der Waals surface area contributed by atoms with Crippen LogP contribution < -0.4 is 0 Å². The summed E-state index contributed by atoms with van der Waals surface area (Å²) in [6.45, 7) is 6.77. The Hall–Kier alpha value is -0.820. The van der Waals surface area contributed by atoms with Gasteiger partial charge in [-0.25, -0.2) is 0 Å². The van der Waals surface area contributed by atoms with Gasteiger partial charge >= 0.3 is 0 Å². The van der Waals surface area contributed by atoms with E-state index in [4.69, 9.17) is 0 Å². The van der Waals surface area contributed by atoms with Crippen LogP contribution >= 0.6 is 0 Å². The second-order valence-electron chi connectivity index (χ2n) is 5.79. The Balaban J connectivity index is 2.40. The molecule has 0 aromatic heterocycles. The molecule has 88 valence electrons. The van der Waals surface area contributed by atoms with Crippen molar-refractivity contribution >= 4 is 0 Å². The van der Waals surface area contributed by atoms with Crippen LogP contribution in [0.4, 0.5) is 0 Å². The average Bonchev–Trinajstić information content (AvgIpc) is 2.27. The van der Waals surface area contributed by atoms with Gasteiger partial charge in [-0.15, -0.1) is 0 Å². The molecular formula is C15H22O. The molecule has 0 radical (unpaired) electrons. The van der Waals surface area contributed by atoms with Crippen molar-refractivity contribution in [3.8, 4) is 0 Å². The van der Waals surface area contributed by atoms with Crippen molar-refractivity contribution in [2.24, 2.45) is 5.41 Å². The molecule has 0 aliphatic heterocycles. The summed E-state index contributed by atoms with van der Waals surface area (Å²) in [5, 5.41) is 9.53. The lowest BCUT2D eigenvalue weighted by atomic mass is 9.68. The van der Waals surface area contributed by atoms with Crippen LogP contribution in [0, 0.1) is 12.3 Å². The molecule has 0 saturated heterocycles. The molecule has 1 aromatic carbocycles. The minimum absolute atomic E-state index is 0.00439. The quantitative estimate of drug-likeness (QED) is 0.806. The normalized spacial score (nSPS) is 20.6. The highest BCUT2D eigenvalue weighted by atomic mass is 16.3. The summed E-state index contributed by atoms with van der Waals surface area (Å²) in [6, 6.07) is 6.78. The number of aliphatic hydroxyl groups excluding tert-OH is 1. The smallest absolute Gasteiger partial charge is 0.0487 e. The Morgan fingerprint density at radius 3 is 2.81 bits per heavy atom. The highest BCUT2D eigenvalue weighted by molar-refractivity contribution is 5.37. The first-order chi connectivity index (χ1) is 7.54. The van der Waals surface area contributed by atoms with Crippen LogP contribution in [0.1, 0.15) is 49.3 Å². The highest BCUT2D eigenvalue weighted by Gasteiger charge is 2.33. The third kappa shape index (κ3) is 2.01. The van der Waals surface area contributed by atoms with Crippen LogP contribution in [0.5, 0.6) is 0 Å². The Bertz CT molecular complexity index is 379. The van der Waals surface area contributed by atoms with Crippen LogP contribution in [0.25, 0.3) is 0 Å². The first-order valence-electron chi connectivity index (χ1n) is 6.25. The van der Waals surface area contributed by atoms with E-state index in [2.05, 4.69) is 39.0 Å². The number of hydrogen-bond donors (Lipinski definition) is 1. The van der Waals surface area contributed by atoms with Crippen molar-refractivity contribution in [3.05, 3.63) is 34.9 Å². The Morgan fingerprint density at radius 2 is 2.12 bits per heavy atom. The zero-order valence-electron chi connectivity index (χ0n) is 10.6. The number of rotatable bonds is 2. The summed E-state index contributed by atoms with van der Waals surface area (Å²) in [7, 11) is 0. The van der Waals surface area contributed by atoms with Crippen molar-refractivity contribution in [2.45, 2.75) is 46.0 Å². The van der Waals surface area contributed by atoms with Crippen LogP contribution in [0.15, 0.2) is 18.2 Å². The van der Waals surface area contributed by atoms with Crippen LogP contribution in [-0.2, 0) is 6.42 Å². The van der Waals surface area contributed by atoms with Gasteiger partial charge in [-0.1, -0.05) is 37.6 Å². The van der Waals surface area contributed by atoms with Gasteiger partial charge in [0.15, 0.2) is 0 Å². The molecule has 1 aliphatic rings. The SMILES string of the molecule is Cc1ccc2c(c1)CCCC2C(C)(C)CO. The molecule has 1 heteroatoms. The Kier molecular flexibility index (Phi) is 3.07. The monoisotopic (exact) mass is 218 g/mol. The highest BCUT2D eigenvalue weighted by Crippen LogP contribution is 2.43. The van der Waals surface area contributed by atoms with Gasteiger partial charge in [0.25, 0.3) is 0 Å². The third-order valence-corrected chi connectivity index (χ3v) is 3.96. The van der Waals surface area contributed by atoms with Gasteiger partial charge < -0.3 is 5.11 Å². The fourth-order valence-corrected chi connectivity index (χ4v) is 2.87. The van der Waals surface area contributed by atoms with Crippen molar-refractivity contribution in [1.29, 1.82) is 0 Å². The predicted molar refractivity (Wildman–Crippen MR) is 67.7 cm³/mol. The van der Waals surface area contributed by atoms with E-state index in [-0.39, 0.29) is 12.0 Å². The van der Waals surface area contributed by atoms with E-state index in [0.29, 0.717) is 5.92 Å². The van der Waals surface area contributed by atoms with Crippen molar-refractivity contribution in [1.82, 2.24) is 0 Å². The lowest BCUT2D eigenvalue weighted by Crippen LogP contribution is -2.29. The third-order valence-electron chi connectivity index (χ3n) is 3.96. The Morgan fingerprint density at radius 1 is 1.38 bits per heavy atom. The number of benzene rings is 1. The zero-order chi connectivity index (χ0) is 11.8. The predicted octanol–water partition coefficient (Wildman–Crippen LogP) is 3.43. The lowest BCUT2D eigenvalue weighted by molar-refractivity contribution is 0.122. The standard InChI is InChI=1S/C15H22O/c1-11-7-8-13-12(9-11)5-4-6-14(13)15(2,3)10-16/h7-9,14,16H,4-6,10H2,1-3H3. The maximum Gasteiger partial charge on any atom is 0.0487 e. The molecule has 0 heterocycles. The van der Waals surface area contributed by atoms with Gasteiger partial charge in [0.05, 0.1) is 0 Å². The molecule has 1 nitrogen and oxygen atoms in total. The van der Waals surface area contributed by atoms with E-state index in [9.17, 15) is 5.11 Å². The minimum atomic E-state index is 0.00439. The van der Waals surface area contributed by atoms with Crippen molar-refractivity contribution < 1.29 is 5.11 Å². The molecule has 0 bridgehead atoms. The van der Waals surface area contributed by atoms with Gasteiger partial charge in [0.2, 0.25) is 0 Å². The summed E-state index contributed by atoms with van der Waals surface area (Å²) in [5.74, 6) is 0.516. The summed E-state index contributed by atoms with van der Waals surface area (Å²) >= 11 is 0. The van der Waals surface area contributed by atoms with Gasteiger partial charge in [-0.3, -0.25) is 0 Å². The second-order valence-corrected chi connectivity index (χ2v) is 5.79. The van der Waals surface area contributed by atoms with Crippen LogP contribution in [0.2, 0.25) is 0 Å². The molecule has 1 N–H and O–H groups in total. The number of hydrogen-bond acceptors (Lipinski definition) is 1. The number of fused-ring (bicyclic) bond motifs is 1. The molecule has 0 spiro atoms. The van der Waals surface area contributed by atoms with Gasteiger partial charge in [0, 0.05) is 6.61 Å². The molecule has 1 unspecified atom stereocenters. The van der Waals surface area contributed by atoms with Gasteiger partial charge in [-0.05, 0) is 48.6 Å². The summed E-state index contributed by atoms with van der Waals surface area (Å²) in [4.78, 5) is 0. The van der Waals surface area contributed by atoms with E-state index in [1.54, 1.807) is 0 Å². The minimum Gasteiger partial charge on any atom is -0.396 e. The van der Waals surface area contributed by atoms with E-state index < -0.39 is 0 Å². The molecule has 1 aromatic rings. The van der Waals surface area contributed by atoms with Gasteiger partial charge in [-0.2, -0.15) is 0 Å². The maximum absolute atomic E-state index is 9.53. The molecule has 0 fully saturated rings. The van der Waals surface area contributed by atoms with E-state index >= 15 is 0 Å². The second kappa shape index (κ2) is 4.21. The molecule has 0 saturated carbocycles. The maximum atomic E-state index is 9.53. The number of aliphatic hydroxyl groups is 1. The van der Waals surface area contributed by atoms with Crippen molar-refractivity contribution in [3.63, 3.8) is 0 Å². The molecule has 1 aliphatic carbocycles. The Labute approximate surface area is 98.5 Å². The van der Waals surface area contributed by atoms with Crippen LogP contribution in [0.3, 0.4) is 0 Å². The summed E-state index contributed by atoms with van der Waals surface area (Å²) < 4.78 is 0. The number of aryl methyl sites for hydroxylation is 2. The molecule has 1 atom stereocenters. The first kappa shape index (κ1) is 11.7. The van der Waals surface area contributed by atoms with Crippen LogP contribution in [-0.4, -0.2) is 11.7 Å². The fourth-order valence-electron chi connectivity index (χ4n) is 2.87. The molecule has 0 amide bonds. The fraction of sp³-hybridized carbons (Fsp3) is 0.600.